The van der Waals surface area contributed by atoms with Crippen LogP contribution in [0.1, 0.15) is 18.1 Å². The summed E-state index contributed by atoms with van der Waals surface area (Å²) >= 11 is 9.23. The van der Waals surface area contributed by atoms with E-state index in [9.17, 15) is 5.11 Å². The van der Waals surface area contributed by atoms with E-state index in [0.717, 1.165) is 15.8 Å². The van der Waals surface area contributed by atoms with Crippen LogP contribution in [0.3, 0.4) is 0 Å². The maximum atomic E-state index is 9.70. The Hall–Kier alpha value is -0.250. The van der Waals surface area contributed by atoms with Gasteiger partial charge < -0.3 is 9.84 Å². The fourth-order valence-corrected chi connectivity index (χ4v) is 2.17. The molecule has 1 aromatic rings. The quantitative estimate of drug-likeness (QED) is 0.780. The Kier molecular flexibility index (Phi) is 2.49. The SMILES string of the molecule is OC1CCOc2ccc(Cl)c(Br)c21. The average Bonchev–Trinajstić information content (AvgIpc) is 2.12. The molecule has 0 saturated carbocycles. The van der Waals surface area contributed by atoms with Crippen molar-refractivity contribution in [1.29, 1.82) is 0 Å². The highest BCUT2D eigenvalue weighted by Crippen LogP contribution is 2.40. The second-order valence-corrected chi connectivity index (χ2v) is 4.13. The Morgan fingerprint density at radius 3 is 3.08 bits per heavy atom. The second kappa shape index (κ2) is 3.48. The molecule has 0 aliphatic carbocycles. The molecule has 70 valence electrons. The van der Waals surface area contributed by atoms with Gasteiger partial charge in [-0.05, 0) is 28.1 Å². The first kappa shape index (κ1) is 9.31. The minimum atomic E-state index is -0.475. The molecule has 4 heteroatoms. The fraction of sp³-hybridized carbons (Fsp3) is 0.333. The summed E-state index contributed by atoms with van der Waals surface area (Å²) in [5.41, 5.74) is 0.763. The van der Waals surface area contributed by atoms with Gasteiger partial charge in [-0.25, -0.2) is 0 Å². The molecule has 1 aliphatic heterocycles. The lowest BCUT2D eigenvalue weighted by Crippen LogP contribution is -2.14. The number of halogens is 2. The van der Waals surface area contributed by atoms with Crippen molar-refractivity contribution in [3.05, 3.63) is 27.2 Å². The molecule has 13 heavy (non-hydrogen) atoms. The van der Waals surface area contributed by atoms with Gasteiger partial charge in [0.15, 0.2) is 0 Å². The number of hydrogen-bond donors (Lipinski definition) is 1. The van der Waals surface area contributed by atoms with Crippen molar-refractivity contribution in [2.75, 3.05) is 6.61 Å². The van der Waals surface area contributed by atoms with Crippen LogP contribution >= 0.6 is 27.5 Å². The Bertz CT molecular complexity index is 341. The largest absolute Gasteiger partial charge is 0.493 e. The van der Waals surface area contributed by atoms with Crippen molar-refractivity contribution < 1.29 is 9.84 Å². The molecule has 1 N–H and O–H groups in total. The van der Waals surface area contributed by atoms with E-state index in [1.807, 2.05) is 0 Å². The summed E-state index contributed by atoms with van der Waals surface area (Å²) in [6, 6.07) is 3.54. The van der Waals surface area contributed by atoms with Gasteiger partial charge in [0, 0.05) is 16.5 Å². The van der Waals surface area contributed by atoms with Crippen molar-refractivity contribution >= 4 is 27.5 Å². The first-order valence-electron chi connectivity index (χ1n) is 3.99. The normalized spacial score (nSPS) is 20.7. The van der Waals surface area contributed by atoms with Crippen LogP contribution in [0.5, 0.6) is 5.75 Å². The van der Waals surface area contributed by atoms with E-state index >= 15 is 0 Å². The highest BCUT2D eigenvalue weighted by atomic mass is 79.9. The predicted octanol–water partition coefficient (Wildman–Crippen LogP) is 2.92. The van der Waals surface area contributed by atoms with Crippen LogP contribution in [0, 0.1) is 0 Å². The molecule has 0 spiro atoms. The number of aliphatic hydroxyl groups is 1. The van der Waals surface area contributed by atoms with Gasteiger partial charge in [-0.15, -0.1) is 0 Å². The number of hydrogen-bond acceptors (Lipinski definition) is 2. The third-order valence-electron chi connectivity index (χ3n) is 2.07. The van der Waals surface area contributed by atoms with Crippen LogP contribution in [0.25, 0.3) is 0 Å². The summed E-state index contributed by atoms with van der Waals surface area (Å²) in [7, 11) is 0. The summed E-state index contributed by atoms with van der Waals surface area (Å²) in [5, 5.41) is 10.3. The minimum absolute atomic E-state index is 0.475. The highest BCUT2D eigenvalue weighted by Gasteiger charge is 2.23. The van der Waals surface area contributed by atoms with E-state index in [1.165, 1.54) is 0 Å². The summed E-state index contributed by atoms with van der Waals surface area (Å²) in [4.78, 5) is 0. The number of fused-ring (bicyclic) bond motifs is 1. The lowest BCUT2D eigenvalue weighted by atomic mass is 10.0. The predicted molar refractivity (Wildman–Crippen MR) is 54.2 cm³/mol. The first-order chi connectivity index (χ1) is 6.20. The zero-order valence-electron chi connectivity index (χ0n) is 6.76. The smallest absolute Gasteiger partial charge is 0.126 e. The van der Waals surface area contributed by atoms with Crippen LogP contribution in [-0.4, -0.2) is 11.7 Å². The van der Waals surface area contributed by atoms with Crippen LogP contribution in [-0.2, 0) is 0 Å². The van der Waals surface area contributed by atoms with Crippen LogP contribution in [0.15, 0.2) is 16.6 Å². The van der Waals surface area contributed by atoms with Crippen molar-refractivity contribution in [1.82, 2.24) is 0 Å². The van der Waals surface area contributed by atoms with Gasteiger partial charge in [0.25, 0.3) is 0 Å². The monoisotopic (exact) mass is 262 g/mol. The van der Waals surface area contributed by atoms with E-state index in [2.05, 4.69) is 15.9 Å². The lowest BCUT2D eigenvalue weighted by molar-refractivity contribution is 0.114. The topological polar surface area (TPSA) is 29.5 Å². The Morgan fingerprint density at radius 1 is 1.54 bits per heavy atom. The highest BCUT2D eigenvalue weighted by molar-refractivity contribution is 9.10. The molecule has 1 heterocycles. The zero-order chi connectivity index (χ0) is 9.42. The number of aliphatic hydroxyl groups excluding tert-OH is 1. The van der Waals surface area contributed by atoms with Crippen LogP contribution < -0.4 is 4.74 Å². The van der Waals surface area contributed by atoms with Crippen LogP contribution in [0.4, 0.5) is 0 Å². The molecule has 0 saturated heterocycles. The standard InChI is InChI=1S/C9H8BrClO2/c10-9-5(11)1-2-7-8(9)6(12)3-4-13-7/h1-2,6,12H,3-4H2. The molecule has 0 aromatic heterocycles. The van der Waals surface area contributed by atoms with Gasteiger partial charge in [0.1, 0.15) is 5.75 Å². The Labute approximate surface area is 89.6 Å². The second-order valence-electron chi connectivity index (χ2n) is 2.93. The van der Waals surface area contributed by atoms with Gasteiger partial charge in [-0.1, -0.05) is 11.6 Å². The van der Waals surface area contributed by atoms with Gasteiger partial charge >= 0.3 is 0 Å². The molecule has 0 bridgehead atoms. The van der Waals surface area contributed by atoms with E-state index in [1.54, 1.807) is 12.1 Å². The summed E-state index contributed by atoms with van der Waals surface area (Å²) in [6.45, 7) is 0.558. The third kappa shape index (κ3) is 1.56. The molecule has 2 nitrogen and oxygen atoms in total. The van der Waals surface area contributed by atoms with Gasteiger partial charge in [0.2, 0.25) is 0 Å². The Morgan fingerprint density at radius 2 is 2.31 bits per heavy atom. The lowest BCUT2D eigenvalue weighted by Gasteiger charge is -2.23. The molecule has 2 rings (SSSR count). The number of benzene rings is 1. The molecule has 1 atom stereocenters. The van der Waals surface area contributed by atoms with Crippen molar-refractivity contribution in [2.45, 2.75) is 12.5 Å². The van der Waals surface area contributed by atoms with Gasteiger partial charge in [-0.2, -0.15) is 0 Å². The first-order valence-corrected chi connectivity index (χ1v) is 5.16. The van der Waals surface area contributed by atoms with Crippen molar-refractivity contribution in [3.8, 4) is 5.75 Å². The Balaban J connectivity index is 2.58. The van der Waals surface area contributed by atoms with E-state index < -0.39 is 6.10 Å². The molecule has 1 aromatic carbocycles. The van der Waals surface area contributed by atoms with E-state index in [-0.39, 0.29) is 0 Å². The van der Waals surface area contributed by atoms with E-state index in [4.69, 9.17) is 16.3 Å². The molecular weight excluding hydrogens is 255 g/mol. The van der Waals surface area contributed by atoms with Gasteiger partial charge in [-0.3, -0.25) is 0 Å². The third-order valence-corrected chi connectivity index (χ3v) is 3.47. The number of ether oxygens (including phenoxy) is 1. The summed E-state index contributed by atoms with van der Waals surface area (Å²) < 4.78 is 6.12. The summed E-state index contributed by atoms with van der Waals surface area (Å²) in [5.74, 6) is 0.718. The maximum Gasteiger partial charge on any atom is 0.126 e. The van der Waals surface area contributed by atoms with Gasteiger partial charge in [0.05, 0.1) is 17.7 Å². The molecule has 0 radical (unpaired) electrons. The molecule has 1 unspecified atom stereocenters. The molecule has 0 fully saturated rings. The molecule has 0 amide bonds. The van der Waals surface area contributed by atoms with Crippen LogP contribution in [0.2, 0.25) is 5.02 Å². The maximum absolute atomic E-state index is 9.70. The van der Waals surface area contributed by atoms with Crippen molar-refractivity contribution in [2.24, 2.45) is 0 Å². The fourth-order valence-electron chi connectivity index (χ4n) is 1.41. The number of rotatable bonds is 0. The summed E-state index contributed by atoms with van der Waals surface area (Å²) in [6.07, 6.45) is 0.142. The molecular formula is C9H8BrClO2. The zero-order valence-corrected chi connectivity index (χ0v) is 9.10. The molecule has 1 aliphatic rings. The van der Waals surface area contributed by atoms with Crippen molar-refractivity contribution in [3.63, 3.8) is 0 Å². The average molecular weight is 264 g/mol. The van der Waals surface area contributed by atoms with E-state index in [0.29, 0.717) is 18.1 Å². The minimum Gasteiger partial charge on any atom is -0.493 e.